The molecule has 0 amide bonds. The van der Waals surface area contributed by atoms with Crippen LogP contribution < -0.4 is 9.46 Å². The van der Waals surface area contributed by atoms with Crippen molar-refractivity contribution >= 4 is 10.0 Å². The van der Waals surface area contributed by atoms with Crippen LogP contribution in [0.2, 0.25) is 0 Å². The molecule has 5 nitrogen and oxygen atoms in total. The van der Waals surface area contributed by atoms with E-state index >= 15 is 0 Å². The van der Waals surface area contributed by atoms with Crippen molar-refractivity contribution in [3.63, 3.8) is 0 Å². The highest BCUT2D eigenvalue weighted by atomic mass is 32.2. The van der Waals surface area contributed by atoms with Crippen molar-refractivity contribution in [3.8, 4) is 5.75 Å². The number of methoxy groups -OCH3 is 1. The smallest absolute Gasteiger partial charge is 0.240 e. The molecule has 0 unspecified atom stereocenters. The molecule has 1 aromatic carbocycles. The van der Waals surface area contributed by atoms with Gasteiger partial charge in [-0.25, -0.2) is 13.1 Å². The first kappa shape index (κ1) is 16.3. The van der Waals surface area contributed by atoms with E-state index in [9.17, 15) is 8.42 Å². The summed E-state index contributed by atoms with van der Waals surface area (Å²) >= 11 is 0. The largest absolute Gasteiger partial charge is 0.496 e. The number of hydrogen-bond acceptors (Lipinski definition) is 4. The number of rotatable bonds is 5. The number of aryl methyl sites for hydroxylation is 1. The average Bonchev–Trinajstić information content (AvgIpc) is 2.46. The summed E-state index contributed by atoms with van der Waals surface area (Å²) in [5, 5.41) is 0. The zero-order valence-corrected chi connectivity index (χ0v) is 13.7. The van der Waals surface area contributed by atoms with Gasteiger partial charge in [-0.3, -0.25) is 0 Å². The van der Waals surface area contributed by atoms with Crippen LogP contribution in [0, 0.1) is 12.8 Å². The van der Waals surface area contributed by atoms with Gasteiger partial charge in [0.1, 0.15) is 5.75 Å². The summed E-state index contributed by atoms with van der Waals surface area (Å²) in [4.78, 5) is 2.58. The highest BCUT2D eigenvalue weighted by molar-refractivity contribution is 7.89. The molecule has 2 rings (SSSR count). The fourth-order valence-corrected chi connectivity index (χ4v) is 3.80. The van der Waals surface area contributed by atoms with Crippen molar-refractivity contribution in [3.05, 3.63) is 23.8 Å². The fraction of sp³-hybridized carbons (Fsp3) is 0.600. The Morgan fingerprint density at radius 1 is 1.33 bits per heavy atom. The summed E-state index contributed by atoms with van der Waals surface area (Å²) < 4.78 is 32.6. The van der Waals surface area contributed by atoms with Gasteiger partial charge in [-0.1, -0.05) is 0 Å². The molecule has 0 spiro atoms. The first-order valence-electron chi connectivity index (χ1n) is 7.25. The third-order valence-electron chi connectivity index (χ3n) is 4.08. The molecule has 1 heterocycles. The SMILES string of the molecule is COc1ccc(S(=O)(=O)NCC2CCN(C)CC2)cc1C. The van der Waals surface area contributed by atoms with Gasteiger partial charge in [-0.15, -0.1) is 0 Å². The molecule has 6 heteroatoms. The van der Waals surface area contributed by atoms with E-state index in [4.69, 9.17) is 4.74 Å². The number of piperidine rings is 1. The van der Waals surface area contributed by atoms with Crippen LogP contribution in [-0.4, -0.2) is 47.1 Å². The molecule has 1 aromatic rings. The van der Waals surface area contributed by atoms with Crippen molar-refractivity contribution in [1.29, 1.82) is 0 Å². The Morgan fingerprint density at radius 3 is 2.57 bits per heavy atom. The molecule has 0 bridgehead atoms. The van der Waals surface area contributed by atoms with Gasteiger partial charge in [0.15, 0.2) is 0 Å². The van der Waals surface area contributed by atoms with Crippen molar-refractivity contribution in [2.75, 3.05) is 33.8 Å². The maximum Gasteiger partial charge on any atom is 0.240 e. The Hall–Kier alpha value is -1.11. The standard InChI is InChI=1S/C15H24N2O3S/c1-12-10-14(4-5-15(12)20-3)21(18,19)16-11-13-6-8-17(2)9-7-13/h4-5,10,13,16H,6-9,11H2,1-3H3. The first-order chi connectivity index (χ1) is 9.92. The molecule has 1 aliphatic rings. The molecule has 0 radical (unpaired) electrons. The van der Waals surface area contributed by atoms with E-state index in [2.05, 4.69) is 16.7 Å². The maximum absolute atomic E-state index is 12.3. The minimum absolute atomic E-state index is 0.300. The number of benzene rings is 1. The van der Waals surface area contributed by atoms with Gasteiger partial charge in [-0.05, 0) is 69.6 Å². The lowest BCUT2D eigenvalue weighted by atomic mass is 9.98. The van der Waals surface area contributed by atoms with Gasteiger partial charge in [0.2, 0.25) is 10.0 Å². The number of hydrogen-bond donors (Lipinski definition) is 1. The first-order valence-corrected chi connectivity index (χ1v) is 8.73. The van der Waals surface area contributed by atoms with Crippen molar-refractivity contribution in [1.82, 2.24) is 9.62 Å². The van der Waals surface area contributed by atoms with Crippen LogP contribution in [0.5, 0.6) is 5.75 Å². The topological polar surface area (TPSA) is 58.6 Å². The zero-order valence-electron chi connectivity index (χ0n) is 12.9. The lowest BCUT2D eigenvalue weighted by Gasteiger charge is -2.28. The second kappa shape index (κ2) is 6.77. The van der Waals surface area contributed by atoms with Crippen LogP contribution in [0.25, 0.3) is 0 Å². The van der Waals surface area contributed by atoms with E-state index in [1.165, 1.54) is 0 Å². The molecule has 118 valence electrons. The van der Waals surface area contributed by atoms with E-state index in [1.54, 1.807) is 25.3 Å². The Balaban J connectivity index is 2.00. The molecule has 0 saturated carbocycles. The van der Waals surface area contributed by atoms with Crippen LogP contribution in [0.1, 0.15) is 18.4 Å². The van der Waals surface area contributed by atoms with Gasteiger partial charge < -0.3 is 9.64 Å². The molecule has 0 atom stereocenters. The molecule has 1 N–H and O–H groups in total. The number of likely N-dealkylation sites (tertiary alicyclic amines) is 1. The molecular weight excluding hydrogens is 288 g/mol. The van der Waals surface area contributed by atoms with E-state index in [0.29, 0.717) is 23.1 Å². The van der Waals surface area contributed by atoms with Gasteiger partial charge >= 0.3 is 0 Å². The quantitative estimate of drug-likeness (QED) is 0.898. The lowest BCUT2D eigenvalue weighted by Crippen LogP contribution is -2.36. The van der Waals surface area contributed by atoms with E-state index in [1.807, 2.05) is 6.92 Å². The van der Waals surface area contributed by atoms with E-state index < -0.39 is 10.0 Å². The molecule has 0 aliphatic carbocycles. The van der Waals surface area contributed by atoms with E-state index in [0.717, 1.165) is 31.5 Å². The predicted molar refractivity (Wildman–Crippen MR) is 83.1 cm³/mol. The number of ether oxygens (including phenoxy) is 1. The van der Waals surface area contributed by atoms with Gasteiger partial charge in [0.05, 0.1) is 12.0 Å². The number of sulfonamides is 1. The van der Waals surface area contributed by atoms with Crippen molar-refractivity contribution in [2.24, 2.45) is 5.92 Å². The van der Waals surface area contributed by atoms with Gasteiger partial charge in [0.25, 0.3) is 0 Å². The predicted octanol–water partition coefficient (Wildman–Crippen LogP) is 1.62. The summed E-state index contributed by atoms with van der Waals surface area (Å²) in [6.07, 6.45) is 2.08. The van der Waals surface area contributed by atoms with Crippen LogP contribution in [0.3, 0.4) is 0 Å². The third-order valence-corrected chi connectivity index (χ3v) is 5.50. The maximum atomic E-state index is 12.3. The minimum atomic E-state index is -3.44. The molecule has 1 fully saturated rings. The third kappa shape index (κ3) is 4.18. The number of nitrogens with one attached hydrogen (secondary N) is 1. The monoisotopic (exact) mass is 312 g/mol. The van der Waals surface area contributed by atoms with E-state index in [-0.39, 0.29) is 0 Å². The second-order valence-electron chi connectivity index (χ2n) is 5.73. The Morgan fingerprint density at radius 2 is 2.00 bits per heavy atom. The van der Waals surface area contributed by atoms with Crippen LogP contribution in [0.4, 0.5) is 0 Å². The summed E-state index contributed by atoms with van der Waals surface area (Å²) in [6, 6.07) is 4.93. The highest BCUT2D eigenvalue weighted by Gasteiger charge is 2.20. The van der Waals surface area contributed by atoms with Crippen LogP contribution >= 0.6 is 0 Å². The summed E-state index contributed by atoms with van der Waals surface area (Å²) in [5.41, 5.74) is 0.819. The Bertz CT molecular complexity index is 579. The van der Waals surface area contributed by atoms with Gasteiger partial charge in [0, 0.05) is 6.54 Å². The Kier molecular flexibility index (Phi) is 5.24. The molecular formula is C15H24N2O3S. The zero-order chi connectivity index (χ0) is 15.5. The summed E-state index contributed by atoms with van der Waals surface area (Å²) in [6.45, 7) is 4.43. The normalized spacial score (nSPS) is 17.9. The molecule has 0 aromatic heterocycles. The fourth-order valence-electron chi connectivity index (χ4n) is 2.60. The summed E-state index contributed by atoms with van der Waals surface area (Å²) in [5.74, 6) is 1.12. The molecule has 1 aliphatic heterocycles. The average molecular weight is 312 g/mol. The molecule has 21 heavy (non-hydrogen) atoms. The highest BCUT2D eigenvalue weighted by Crippen LogP contribution is 2.22. The van der Waals surface area contributed by atoms with Crippen LogP contribution in [0.15, 0.2) is 23.1 Å². The van der Waals surface area contributed by atoms with Crippen molar-refractivity contribution < 1.29 is 13.2 Å². The minimum Gasteiger partial charge on any atom is -0.496 e. The Labute approximate surface area is 127 Å². The van der Waals surface area contributed by atoms with Gasteiger partial charge in [-0.2, -0.15) is 0 Å². The second-order valence-corrected chi connectivity index (χ2v) is 7.50. The van der Waals surface area contributed by atoms with Crippen LogP contribution in [-0.2, 0) is 10.0 Å². The molecule has 1 saturated heterocycles. The summed E-state index contributed by atoms with van der Waals surface area (Å²) in [7, 11) is 0.236. The number of nitrogens with zero attached hydrogens (tertiary/aromatic N) is 1. The van der Waals surface area contributed by atoms with Crippen molar-refractivity contribution in [2.45, 2.75) is 24.7 Å². The lowest BCUT2D eigenvalue weighted by molar-refractivity contribution is 0.220.